The van der Waals surface area contributed by atoms with Gasteiger partial charge in [0.1, 0.15) is 0 Å². The van der Waals surface area contributed by atoms with Crippen molar-refractivity contribution in [1.29, 1.82) is 0 Å². The second kappa shape index (κ2) is 4.43. The lowest BCUT2D eigenvalue weighted by Gasteiger charge is -2.41. The summed E-state index contributed by atoms with van der Waals surface area (Å²) >= 11 is 0. The number of hydrogen-bond donors (Lipinski definition) is 1. The zero-order valence-electron chi connectivity index (χ0n) is 8.76. The van der Waals surface area contributed by atoms with Crippen LogP contribution in [0.2, 0.25) is 0 Å². The van der Waals surface area contributed by atoms with E-state index >= 15 is 0 Å². The molecule has 13 heavy (non-hydrogen) atoms. The zero-order chi connectivity index (χ0) is 9.10. The molecule has 2 atom stereocenters. The van der Waals surface area contributed by atoms with Crippen molar-refractivity contribution in [3.8, 4) is 0 Å². The van der Waals surface area contributed by atoms with Gasteiger partial charge in [0.2, 0.25) is 0 Å². The predicted molar refractivity (Wildman–Crippen MR) is 55.7 cm³/mol. The minimum atomic E-state index is 0.698. The summed E-state index contributed by atoms with van der Waals surface area (Å²) in [5.74, 6) is 0. The molecule has 2 nitrogen and oxygen atoms in total. The van der Waals surface area contributed by atoms with E-state index < -0.39 is 0 Å². The van der Waals surface area contributed by atoms with Crippen molar-refractivity contribution in [2.45, 2.75) is 57.7 Å². The molecule has 0 radical (unpaired) electrons. The molecule has 0 bridgehead atoms. The Morgan fingerprint density at radius 3 is 2.62 bits per heavy atom. The van der Waals surface area contributed by atoms with Crippen LogP contribution in [0.3, 0.4) is 0 Å². The van der Waals surface area contributed by atoms with Gasteiger partial charge in [0, 0.05) is 6.04 Å². The number of piperidine rings is 2. The van der Waals surface area contributed by atoms with Crippen molar-refractivity contribution in [3.63, 3.8) is 0 Å². The van der Waals surface area contributed by atoms with Gasteiger partial charge < -0.3 is 5.32 Å². The van der Waals surface area contributed by atoms with Gasteiger partial charge in [0.25, 0.3) is 0 Å². The van der Waals surface area contributed by atoms with Gasteiger partial charge in [-0.2, -0.15) is 0 Å². The van der Waals surface area contributed by atoms with E-state index in [-0.39, 0.29) is 0 Å². The van der Waals surface area contributed by atoms with Crippen molar-refractivity contribution in [2.24, 2.45) is 0 Å². The molecule has 2 saturated heterocycles. The largest absolute Gasteiger partial charge is 0.302 e. The quantitative estimate of drug-likeness (QED) is 0.667. The maximum Gasteiger partial charge on any atom is 0.0599 e. The third kappa shape index (κ3) is 2.23. The van der Waals surface area contributed by atoms with Crippen molar-refractivity contribution < 1.29 is 0 Å². The molecule has 0 aliphatic carbocycles. The van der Waals surface area contributed by atoms with E-state index in [4.69, 9.17) is 0 Å². The van der Waals surface area contributed by atoms with E-state index in [9.17, 15) is 0 Å². The summed E-state index contributed by atoms with van der Waals surface area (Å²) in [4.78, 5) is 2.68. The lowest BCUT2D eigenvalue weighted by Crippen LogP contribution is -2.53. The van der Waals surface area contributed by atoms with Crippen molar-refractivity contribution >= 4 is 0 Å². The average molecular weight is 182 g/mol. The topological polar surface area (TPSA) is 15.3 Å². The fourth-order valence-corrected chi connectivity index (χ4v) is 2.70. The Morgan fingerprint density at radius 1 is 1.08 bits per heavy atom. The highest BCUT2D eigenvalue weighted by atomic mass is 15.3. The lowest BCUT2D eigenvalue weighted by atomic mass is 10.0. The van der Waals surface area contributed by atoms with E-state index in [1.54, 1.807) is 0 Å². The molecule has 1 N–H and O–H groups in total. The van der Waals surface area contributed by atoms with Crippen LogP contribution in [0, 0.1) is 0 Å². The summed E-state index contributed by atoms with van der Waals surface area (Å²) < 4.78 is 0. The number of rotatable bonds is 1. The Bertz CT molecular complexity index is 152. The summed E-state index contributed by atoms with van der Waals surface area (Å²) in [6.07, 6.45) is 9.10. The van der Waals surface area contributed by atoms with E-state index in [1.807, 2.05) is 0 Å². The third-order valence-corrected chi connectivity index (χ3v) is 3.54. The minimum Gasteiger partial charge on any atom is -0.302 e. The molecule has 76 valence electrons. The number of likely N-dealkylation sites (tertiary alicyclic amines) is 1. The molecule has 2 fully saturated rings. The molecule has 0 aromatic heterocycles. The fourth-order valence-electron chi connectivity index (χ4n) is 2.70. The van der Waals surface area contributed by atoms with Gasteiger partial charge in [-0.3, -0.25) is 4.90 Å². The van der Waals surface area contributed by atoms with Crippen LogP contribution in [0.25, 0.3) is 0 Å². The fraction of sp³-hybridized carbons (Fsp3) is 1.00. The molecule has 2 unspecified atom stereocenters. The first-order valence-corrected chi connectivity index (χ1v) is 5.87. The number of hydrogen-bond acceptors (Lipinski definition) is 2. The van der Waals surface area contributed by atoms with E-state index in [1.165, 1.54) is 51.6 Å². The van der Waals surface area contributed by atoms with Crippen LogP contribution in [0.1, 0.15) is 45.4 Å². The molecule has 2 aliphatic heterocycles. The average Bonchev–Trinajstić information content (AvgIpc) is 2.20. The molecule has 0 aromatic carbocycles. The van der Waals surface area contributed by atoms with Crippen LogP contribution < -0.4 is 5.32 Å². The van der Waals surface area contributed by atoms with Gasteiger partial charge in [-0.25, -0.2) is 0 Å². The predicted octanol–water partition coefficient (Wildman–Crippen LogP) is 1.96. The van der Waals surface area contributed by atoms with Crippen LogP contribution in [-0.2, 0) is 0 Å². The molecule has 0 saturated carbocycles. The van der Waals surface area contributed by atoms with Gasteiger partial charge in [0.05, 0.1) is 6.17 Å². The normalized spacial score (nSPS) is 37.6. The SMILES string of the molecule is CC1CCCCN1C1CCCCN1. The molecule has 0 spiro atoms. The first-order chi connectivity index (χ1) is 6.38. The summed E-state index contributed by atoms with van der Waals surface area (Å²) in [5.41, 5.74) is 0. The zero-order valence-corrected chi connectivity index (χ0v) is 8.76. The minimum absolute atomic E-state index is 0.698. The summed E-state index contributed by atoms with van der Waals surface area (Å²) in [6.45, 7) is 4.93. The van der Waals surface area contributed by atoms with Gasteiger partial charge in [-0.05, 0) is 52.1 Å². The van der Waals surface area contributed by atoms with Gasteiger partial charge in [-0.15, -0.1) is 0 Å². The standard InChI is InChI=1S/C11H22N2/c1-10-6-3-5-9-13(10)11-7-2-4-8-12-11/h10-12H,2-9H2,1H3. The summed E-state index contributed by atoms with van der Waals surface area (Å²) in [7, 11) is 0. The third-order valence-electron chi connectivity index (χ3n) is 3.54. The van der Waals surface area contributed by atoms with Crippen LogP contribution in [0.15, 0.2) is 0 Å². The van der Waals surface area contributed by atoms with E-state index in [0.29, 0.717) is 6.17 Å². The molecule has 2 heteroatoms. The Labute approximate surface area is 81.7 Å². The van der Waals surface area contributed by atoms with E-state index in [0.717, 1.165) is 6.04 Å². The number of nitrogens with one attached hydrogen (secondary N) is 1. The first-order valence-electron chi connectivity index (χ1n) is 5.87. The Balaban J connectivity index is 1.88. The highest BCUT2D eigenvalue weighted by Crippen LogP contribution is 2.21. The first kappa shape index (κ1) is 9.47. The molecule has 0 amide bonds. The van der Waals surface area contributed by atoms with Crippen LogP contribution in [0.4, 0.5) is 0 Å². The Hall–Kier alpha value is -0.0800. The van der Waals surface area contributed by atoms with Crippen LogP contribution in [-0.4, -0.2) is 30.2 Å². The summed E-state index contributed by atoms with van der Waals surface area (Å²) in [6, 6.07) is 0.810. The lowest BCUT2D eigenvalue weighted by molar-refractivity contribution is 0.0685. The van der Waals surface area contributed by atoms with Crippen LogP contribution in [0.5, 0.6) is 0 Å². The number of nitrogens with zero attached hydrogens (tertiary/aromatic N) is 1. The monoisotopic (exact) mass is 182 g/mol. The van der Waals surface area contributed by atoms with Gasteiger partial charge in [-0.1, -0.05) is 6.42 Å². The molecule has 2 aliphatic rings. The van der Waals surface area contributed by atoms with Gasteiger partial charge >= 0.3 is 0 Å². The van der Waals surface area contributed by atoms with E-state index in [2.05, 4.69) is 17.1 Å². The molecule has 2 heterocycles. The summed E-state index contributed by atoms with van der Waals surface area (Å²) in [5, 5.41) is 3.65. The second-order valence-electron chi connectivity index (χ2n) is 4.55. The highest BCUT2D eigenvalue weighted by molar-refractivity contribution is 4.81. The van der Waals surface area contributed by atoms with Crippen molar-refractivity contribution in [3.05, 3.63) is 0 Å². The molecule has 2 rings (SSSR count). The smallest absolute Gasteiger partial charge is 0.0599 e. The van der Waals surface area contributed by atoms with Crippen molar-refractivity contribution in [1.82, 2.24) is 10.2 Å². The maximum absolute atomic E-state index is 3.65. The Kier molecular flexibility index (Phi) is 3.23. The Morgan fingerprint density at radius 2 is 1.92 bits per heavy atom. The second-order valence-corrected chi connectivity index (χ2v) is 4.55. The molecule has 0 aromatic rings. The highest BCUT2D eigenvalue weighted by Gasteiger charge is 2.26. The molecular weight excluding hydrogens is 160 g/mol. The van der Waals surface area contributed by atoms with Crippen molar-refractivity contribution in [2.75, 3.05) is 13.1 Å². The molecular formula is C11H22N2. The van der Waals surface area contributed by atoms with Crippen LogP contribution >= 0.6 is 0 Å². The van der Waals surface area contributed by atoms with Gasteiger partial charge in [0.15, 0.2) is 0 Å². The maximum atomic E-state index is 3.65.